The van der Waals surface area contributed by atoms with Crippen LogP contribution in [0, 0.1) is 5.82 Å². The van der Waals surface area contributed by atoms with Crippen molar-refractivity contribution in [2.75, 3.05) is 37.5 Å². The first kappa shape index (κ1) is 37.0. The lowest BCUT2D eigenvalue weighted by molar-refractivity contribution is -0.143. The smallest absolute Gasteiger partial charge is 0.256 e. The molecule has 2 atom stereocenters. The van der Waals surface area contributed by atoms with Crippen molar-refractivity contribution in [1.29, 1.82) is 0 Å². The van der Waals surface area contributed by atoms with Crippen LogP contribution in [-0.4, -0.2) is 93.8 Å². The molecule has 8 rings (SSSR count). The van der Waals surface area contributed by atoms with E-state index in [4.69, 9.17) is 4.74 Å². The number of imide groups is 1. The number of methoxy groups -OCH3 is 1. The molecule has 2 unspecified atom stereocenters. The number of ether oxygens (including phenoxy) is 1. The maximum atomic E-state index is 15.8. The van der Waals surface area contributed by atoms with Crippen LogP contribution in [-0.2, 0) is 45.3 Å². The minimum absolute atomic E-state index is 0.000213. The van der Waals surface area contributed by atoms with E-state index >= 15 is 4.39 Å². The molecule has 4 aromatic rings. The minimum Gasteiger partial charge on any atom is -0.371 e. The first-order valence-corrected chi connectivity index (χ1v) is 18.8. The Balaban J connectivity index is 0.831. The number of halogens is 1. The van der Waals surface area contributed by atoms with Gasteiger partial charge in [-0.1, -0.05) is 36.4 Å². The summed E-state index contributed by atoms with van der Waals surface area (Å²) in [7, 11) is 3.49. The summed E-state index contributed by atoms with van der Waals surface area (Å²) in [6, 6.07) is 19.5. The lowest BCUT2D eigenvalue weighted by Crippen LogP contribution is -2.52. The Bertz CT molecular complexity index is 2190. The number of carbonyl (C=O) groups is 5. The fraction of sp³-hybridized carbons (Fsp3) is 0.366. The molecule has 4 aliphatic heterocycles. The number of aromatic amines is 1. The van der Waals surface area contributed by atoms with Crippen molar-refractivity contribution in [2.24, 2.45) is 0 Å². The Morgan fingerprint density at radius 2 is 1.71 bits per heavy atom. The number of nitrogens with zero attached hydrogens (tertiary/aromatic N) is 5. The number of benzene rings is 3. The molecule has 14 nitrogen and oxygen atoms in total. The van der Waals surface area contributed by atoms with Gasteiger partial charge in [0.2, 0.25) is 11.8 Å². The number of hydrogen-bond donors (Lipinski definition) is 3. The Morgan fingerprint density at radius 1 is 0.964 bits per heavy atom. The van der Waals surface area contributed by atoms with Gasteiger partial charge in [0.25, 0.3) is 17.7 Å². The first-order valence-electron chi connectivity index (χ1n) is 18.8. The second kappa shape index (κ2) is 15.3. The van der Waals surface area contributed by atoms with Gasteiger partial charge in [0.15, 0.2) is 11.9 Å². The van der Waals surface area contributed by atoms with E-state index in [1.807, 2.05) is 49.5 Å². The zero-order valence-electron chi connectivity index (χ0n) is 31.2. The number of anilines is 2. The van der Waals surface area contributed by atoms with Crippen LogP contribution >= 0.6 is 0 Å². The van der Waals surface area contributed by atoms with E-state index < -0.39 is 29.8 Å². The molecule has 0 spiro atoms. The van der Waals surface area contributed by atoms with Crippen LogP contribution in [0.1, 0.15) is 80.5 Å². The molecular weight excluding hydrogens is 719 g/mol. The van der Waals surface area contributed by atoms with Crippen molar-refractivity contribution in [2.45, 2.75) is 70.0 Å². The van der Waals surface area contributed by atoms with Gasteiger partial charge < -0.3 is 24.8 Å². The van der Waals surface area contributed by atoms with Crippen molar-refractivity contribution < 1.29 is 33.1 Å². The monoisotopic (exact) mass is 762 g/mol. The average molecular weight is 763 g/mol. The highest BCUT2D eigenvalue weighted by atomic mass is 19.1. The number of rotatable bonds is 10. The van der Waals surface area contributed by atoms with Crippen LogP contribution in [0.15, 0.2) is 66.7 Å². The first-order chi connectivity index (χ1) is 27.1. The van der Waals surface area contributed by atoms with Gasteiger partial charge in [0.1, 0.15) is 11.9 Å². The van der Waals surface area contributed by atoms with E-state index in [9.17, 15) is 24.0 Å². The van der Waals surface area contributed by atoms with Gasteiger partial charge in [-0.15, -0.1) is 0 Å². The maximum absolute atomic E-state index is 15.8. The zero-order chi connectivity index (χ0) is 39.1. The molecule has 0 radical (unpaired) electrons. The van der Waals surface area contributed by atoms with E-state index in [1.54, 1.807) is 29.2 Å². The highest BCUT2D eigenvalue weighted by Gasteiger charge is 2.41. The molecule has 2 fully saturated rings. The number of carbonyl (C=O) groups excluding carboxylic acids is 5. The fourth-order valence-corrected chi connectivity index (χ4v) is 8.31. The third-order valence-electron chi connectivity index (χ3n) is 11.5. The molecule has 2 saturated heterocycles. The molecule has 0 bridgehead atoms. The molecule has 1 aromatic heterocycles. The summed E-state index contributed by atoms with van der Waals surface area (Å²) in [5.74, 6) is -1.78. The maximum Gasteiger partial charge on any atom is 0.256 e. The SMILES string of the molecule is COC(C(=O)N1Cc2[nH]nc(NC(=O)c3ccc(N4CCC(N(C)Cc5ccc6c(c5F)CN(C5CCC(=O)NC5=O)C6=O)CC4)cc3)c2C1)c1ccccc1. The van der Waals surface area contributed by atoms with E-state index in [1.165, 1.54) is 12.0 Å². The second-order valence-corrected chi connectivity index (χ2v) is 14.8. The molecule has 56 heavy (non-hydrogen) atoms. The summed E-state index contributed by atoms with van der Waals surface area (Å²) in [6.07, 6.45) is 1.35. The zero-order valence-corrected chi connectivity index (χ0v) is 31.2. The number of hydrogen-bond acceptors (Lipinski definition) is 9. The summed E-state index contributed by atoms with van der Waals surface area (Å²) >= 11 is 0. The third-order valence-corrected chi connectivity index (χ3v) is 11.5. The summed E-state index contributed by atoms with van der Waals surface area (Å²) in [6.45, 7) is 2.57. The quantitative estimate of drug-likeness (QED) is 0.204. The molecule has 290 valence electrons. The Kier molecular flexibility index (Phi) is 10.1. The van der Waals surface area contributed by atoms with Gasteiger partial charge in [-0.05, 0) is 62.2 Å². The normalized spacial score (nSPS) is 19.0. The molecule has 5 heterocycles. The van der Waals surface area contributed by atoms with Crippen molar-refractivity contribution >= 4 is 41.0 Å². The van der Waals surface area contributed by atoms with Crippen molar-refractivity contribution in [3.05, 3.63) is 112 Å². The number of piperidine rings is 2. The third kappa shape index (κ3) is 7.03. The molecule has 15 heteroatoms. The van der Waals surface area contributed by atoms with Crippen molar-refractivity contribution in [3.63, 3.8) is 0 Å². The van der Waals surface area contributed by atoms with Crippen molar-refractivity contribution in [3.8, 4) is 0 Å². The largest absolute Gasteiger partial charge is 0.371 e. The van der Waals surface area contributed by atoms with E-state index in [0.29, 0.717) is 42.1 Å². The highest BCUT2D eigenvalue weighted by molar-refractivity contribution is 6.06. The van der Waals surface area contributed by atoms with Crippen LogP contribution in [0.25, 0.3) is 0 Å². The van der Waals surface area contributed by atoms with Crippen LogP contribution in [0.5, 0.6) is 0 Å². The lowest BCUT2D eigenvalue weighted by Gasteiger charge is -2.38. The second-order valence-electron chi connectivity index (χ2n) is 14.8. The topological polar surface area (TPSA) is 160 Å². The lowest BCUT2D eigenvalue weighted by atomic mass is 10.0. The van der Waals surface area contributed by atoms with Gasteiger partial charge in [0, 0.05) is 72.7 Å². The minimum atomic E-state index is -0.791. The molecule has 3 aromatic carbocycles. The Morgan fingerprint density at radius 3 is 2.43 bits per heavy atom. The molecule has 5 amide bonds. The standard InChI is InChI=1S/C41H43FN8O6/c1-47(20-26-10-13-29-30(35(26)42)22-50(40(29)54)33-14-15-34(51)43-39(33)53)27-16-18-48(19-17-27)28-11-8-25(9-12-28)38(52)44-37-31-21-49(23-32(31)45-46-37)41(55)36(56-2)24-6-4-3-5-7-24/h3-13,27,33,36H,14-23H2,1-2H3,(H,43,51,53)(H2,44,45,46,52). The van der Waals surface area contributed by atoms with Crippen LogP contribution in [0.3, 0.4) is 0 Å². The Labute approximate surface area is 323 Å². The Hall–Kier alpha value is -5.93. The van der Waals surface area contributed by atoms with Crippen LogP contribution in [0.4, 0.5) is 15.9 Å². The number of aromatic nitrogens is 2. The number of amides is 5. The number of H-pyrrole nitrogens is 1. The fourth-order valence-electron chi connectivity index (χ4n) is 8.31. The summed E-state index contributed by atoms with van der Waals surface area (Å²) in [4.78, 5) is 71.2. The van der Waals surface area contributed by atoms with Gasteiger partial charge in [-0.3, -0.25) is 39.3 Å². The van der Waals surface area contributed by atoms with E-state index in [-0.39, 0.29) is 48.7 Å². The van der Waals surface area contributed by atoms with E-state index in [0.717, 1.165) is 48.4 Å². The molecular formula is C41H43FN8O6. The summed E-state index contributed by atoms with van der Waals surface area (Å²) in [5, 5.41) is 12.5. The predicted octanol–water partition coefficient (Wildman–Crippen LogP) is 3.89. The van der Waals surface area contributed by atoms with Gasteiger partial charge in [0.05, 0.1) is 25.3 Å². The summed E-state index contributed by atoms with van der Waals surface area (Å²) in [5.41, 5.74) is 4.84. The molecule has 0 saturated carbocycles. The molecule has 3 N–H and O–H groups in total. The number of fused-ring (bicyclic) bond motifs is 2. The average Bonchev–Trinajstić information content (AvgIpc) is 3.90. The molecule has 0 aliphatic carbocycles. The van der Waals surface area contributed by atoms with Gasteiger partial charge in [-0.25, -0.2) is 4.39 Å². The van der Waals surface area contributed by atoms with Crippen LogP contribution in [0.2, 0.25) is 0 Å². The van der Waals surface area contributed by atoms with Gasteiger partial charge in [-0.2, -0.15) is 5.10 Å². The summed E-state index contributed by atoms with van der Waals surface area (Å²) < 4.78 is 21.4. The number of nitrogens with one attached hydrogen (secondary N) is 3. The highest BCUT2D eigenvalue weighted by Crippen LogP contribution is 2.33. The van der Waals surface area contributed by atoms with E-state index in [2.05, 4.69) is 30.6 Å². The van der Waals surface area contributed by atoms with Crippen LogP contribution < -0.4 is 15.5 Å². The van der Waals surface area contributed by atoms with Crippen molar-refractivity contribution in [1.82, 2.24) is 30.2 Å². The molecule has 4 aliphatic rings. The predicted molar refractivity (Wildman–Crippen MR) is 203 cm³/mol. The van der Waals surface area contributed by atoms with Gasteiger partial charge >= 0.3 is 0 Å².